The standard InChI is InChI=1S/C26H46N2O3/c1-15(28(5)6)21-16(30)11-23(3)18-8-7-17-22(2,14-29)19(27)9-10-25(17)13-26(18,25)20(31)12-24(21,23)4/h15-21,29-31H,7-14,27H2,1-6H3/t15-,16+,17-,18-,19-,20-,21-,22-,23-,24+,25?,26-/m0/s1. The van der Waals surface area contributed by atoms with Crippen molar-refractivity contribution in [3.05, 3.63) is 0 Å². The Kier molecular flexibility index (Phi) is 4.72. The van der Waals surface area contributed by atoms with Gasteiger partial charge in [0.15, 0.2) is 0 Å². The molecule has 0 aromatic rings. The molecule has 0 heterocycles. The molecule has 2 spiro atoms. The predicted octanol–water partition coefficient (Wildman–Crippen LogP) is 2.62. The highest BCUT2D eigenvalue weighted by Crippen LogP contribution is 2.88. The predicted molar refractivity (Wildman–Crippen MR) is 122 cm³/mol. The van der Waals surface area contributed by atoms with Gasteiger partial charge in [0.2, 0.25) is 0 Å². The lowest BCUT2D eigenvalue weighted by molar-refractivity contribution is -0.197. The number of hydrogen-bond donors (Lipinski definition) is 4. The molecule has 0 saturated heterocycles. The number of aliphatic hydroxyl groups excluding tert-OH is 3. The quantitative estimate of drug-likeness (QED) is 0.548. The summed E-state index contributed by atoms with van der Waals surface area (Å²) in [6.45, 7) is 9.41. The Morgan fingerprint density at radius 2 is 1.65 bits per heavy atom. The zero-order valence-corrected chi connectivity index (χ0v) is 20.6. The number of aliphatic hydroxyl groups is 3. The molecular formula is C26H46N2O3. The van der Waals surface area contributed by atoms with Crippen molar-refractivity contribution in [3.63, 3.8) is 0 Å². The van der Waals surface area contributed by atoms with Crippen molar-refractivity contribution in [2.45, 2.75) is 96.9 Å². The van der Waals surface area contributed by atoms with Gasteiger partial charge >= 0.3 is 0 Å². The van der Waals surface area contributed by atoms with Crippen LogP contribution in [0.5, 0.6) is 0 Å². The Hall–Kier alpha value is -0.200. The van der Waals surface area contributed by atoms with E-state index in [9.17, 15) is 15.3 Å². The maximum atomic E-state index is 11.9. The van der Waals surface area contributed by atoms with Gasteiger partial charge in [-0.15, -0.1) is 0 Å². The largest absolute Gasteiger partial charge is 0.396 e. The molecule has 5 saturated carbocycles. The van der Waals surface area contributed by atoms with E-state index in [1.807, 2.05) is 0 Å². The van der Waals surface area contributed by atoms with E-state index in [1.54, 1.807) is 0 Å². The van der Waals surface area contributed by atoms with E-state index in [2.05, 4.69) is 46.7 Å². The van der Waals surface area contributed by atoms with Crippen molar-refractivity contribution >= 4 is 0 Å². The normalized spacial score (nSPS) is 61.3. The minimum atomic E-state index is -0.321. The van der Waals surface area contributed by atoms with Crippen molar-refractivity contribution in [1.29, 1.82) is 0 Å². The maximum Gasteiger partial charge on any atom is 0.0610 e. The van der Waals surface area contributed by atoms with Crippen LogP contribution in [0.15, 0.2) is 0 Å². The van der Waals surface area contributed by atoms with Gasteiger partial charge in [-0.1, -0.05) is 20.8 Å². The van der Waals surface area contributed by atoms with E-state index in [0.717, 1.165) is 44.9 Å². The Labute approximate surface area is 188 Å². The van der Waals surface area contributed by atoms with Gasteiger partial charge in [-0.05, 0) is 94.0 Å². The molecule has 178 valence electrons. The summed E-state index contributed by atoms with van der Waals surface area (Å²) >= 11 is 0. The average Bonchev–Trinajstić information content (AvgIpc) is 3.34. The molecule has 5 nitrogen and oxygen atoms in total. The molecule has 5 fully saturated rings. The van der Waals surface area contributed by atoms with Crippen LogP contribution in [0.4, 0.5) is 0 Å². The van der Waals surface area contributed by atoms with E-state index in [-0.39, 0.29) is 63.9 Å². The smallest absolute Gasteiger partial charge is 0.0610 e. The first-order chi connectivity index (χ1) is 14.4. The van der Waals surface area contributed by atoms with Gasteiger partial charge in [-0.3, -0.25) is 0 Å². The summed E-state index contributed by atoms with van der Waals surface area (Å²) in [4.78, 5) is 2.24. The molecule has 0 aliphatic heterocycles. The lowest BCUT2D eigenvalue weighted by atomic mass is 9.41. The lowest BCUT2D eigenvalue weighted by Crippen LogP contribution is -2.64. The van der Waals surface area contributed by atoms with Gasteiger partial charge < -0.3 is 26.0 Å². The molecule has 0 aromatic carbocycles. The van der Waals surface area contributed by atoms with Crippen LogP contribution in [0, 0.1) is 44.8 Å². The number of nitrogens with zero attached hydrogens (tertiary/aromatic N) is 1. The molecule has 0 bridgehead atoms. The molecule has 5 N–H and O–H groups in total. The van der Waals surface area contributed by atoms with Crippen molar-refractivity contribution in [1.82, 2.24) is 4.90 Å². The summed E-state index contributed by atoms with van der Waals surface area (Å²) < 4.78 is 0. The van der Waals surface area contributed by atoms with Crippen LogP contribution in [-0.4, -0.2) is 65.2 Å². The van der Waals surface area contributed by atoms with Crippen molar-refractivity contribution < 1.29 is 15.3 Å². The Bertz CT molecular complexity index is 761. The van der Waals surface area contributed by atoms with Gasteiger partial charge in [0.25, 0.3) is 0 Å². The minimum absolute atomic E-state index is 0.0320. The van der Waals surface area contributed by atoms with E-state index in [1.165, 1.54) is 0 Å². The summed E-state index contributed by atoms with van der Waals surface area (Å²) in [5.74, 6) is 1.01. The first kappa shape index (κ1) is 22.6. The monoisotopic (exact) mass is 434 g/mol. The Morgan fingerprint density at radius 1 is 1.00 bits per heavy atom. The molecule has 1 unspecified atom stereocenters. The fourth-order valence-corrected chi connectivity index (χ4v) is 10.8. The Balaban J connectivity index is 1.57. The zero-order valence-electron chi connectivity index (χ0n) is 20.6. The van der Waals surface area contributed by atoms with Gasteiger partial charge in [0.1, 0.15) is 0 Å². The van der Waals surface area contributed by atoms with E-state index >= 15 is 0 Å². The number of rotatable bonds is 3. The number of nitrogens with two attached hydrogens (primary N) is 1. The molecular weight excluding hydrogens is 388 g/mol. The third-order valence-electron chi connectivity index (χ3n) is 12.7. The molecule has 31 heavy (non-hydrogen) atoms. The molecule has 5 aliphatic rings. The van der Waals surface area contributed by atoms with Crippen LogP contribution in [-0.2, 0) is 0 Å². The van der Waals surface area contributed by atoms with E-state index < -0.39 is 0 Å². The van der Waals surface area contributed by atoms with Crippen molar-refractivity contribution in [2.24, 2.45) is 50.6 Å². The van der Waals surface area contributed by atoms with Crippen molar-refractivity contribution in [3.8, 4) is 0 Å². The van der Waals surface area contributed by atoms with Crippen LogP contribution in [0.2, 0.25) is 0 Å². The van der Waals surface area contributed by atoms with E-state index in [4.69, 9.17) is 5.73 Å². The molecule has 5 aliphatic carbocycles. The summed E-state index contributed by atoms with van der Waals surface area (Å²) in [6.07, 6.45) is 6.32. The molecule has 0 aromatic heterocycles. The highest BCUT2D eigenvalue weighted by molar-refractivity contribution is 5.34. The van der Waals surface area contributed by atoms with Crippen molar-refractivity contribution in [2.75, 3.05) is 20.7 Å². The lowest BCUT2D eigenvalue weighted by Gasteiger charge is -2.64. The second-order valence-corrected chi connectivity index (χ2v) is 13.4. The molecule has 0 amide bonds. The third kappa shape index (κ3) is 2.31. The van der Waals surface area contributed by atoms with Crippen LogP contribution < -0.4 is 5.73 Å². The fraction of sp³-hybridized carbons (Fsp3) is 1.00. The first-order valence-electron chi connectivity index (χ1n) is 12.7. The van der Waals surface area contributed by atoms with Gasteiger partial charge in [-0.25, -0.2) is 0 Å². The van der Waals surface area contributed by atoms with Gasteiger partial charge in [-0.2, -0.15) is 0 Å². The molecule has 12 atom stereocenters. The van der Waals surface area contributed by atoms with Crippen LogP contribution in [0.3, 0.4) is 0 Å². The Morgan fingerprint density at radius 3 is 2.26 bits per heavy atom. The van der Waals surface area contributed by atoms with Crippen LogP contribution >= 0.6 is 0 Å². The molecule has 0 radical (unpaired) electrons. The average molecular weight is 435 g/mol. The number of hydrogen-bond acceptors (Lipinski definition) is 5. The third-order valence-corrected chi connectivity index (χ3v) is 12.7. The SMILES string of the molecule is C[C@@H]([C@H]1[C@H](O)C[C@@]2(C)[C@@H]3CC[C@@H]4C5(CC[C@H](N)[C@@]4(C)CO)C[C@@]35[C@@H](O)C[C@]12C)N(C)C. The maximum absolute atomic E-state index is 11.9. The summed E-state index contributed by atoms with van der Waals surface area (Å²) in [5.41, 5.74) is 6.37. The molecule has 5 heteroatoms. The van der Waals surface area contributed by atoms with Gasteiger partial charge in [0.05, 0.1) is 18.8 Å². The summed E-state index contributed by atoms with van der Waals surface area (Å²) in [5, 5.41) is 33.7. The number of fused-ring (bicyclic) bond motifs is 2. The second-order valence-electron chi connectivity index (χ2n) is 13.4. The summed E-state index contributed by atoms with van der Waals surface area (Å²) in [7, 11) is 4.22. The van der Waals surface area contributed by atoms with E-state index in [0.29, 0.717) is 11.8 Å². The van der Waals surface area contributed by atoms with Crippen LogP contribution in [0.1, 0.15) is 72.6 Å². The first-order valence-corrected chi connectivity index (χ1v) is 12.7. The zero-order chi connectivity index (χ0) is 22.8. The highest BCUT2D eigenvalue weighted by atomic mass is 16.3. The minimum Gasteiger partial charge on any atom is -0.396 e. The van der Waals surface area contributed by atoms with Gasteiger partial charge in [0, 0.05) is 28.8 Å². The highest BCUT2D eigenvalue weighted by Gasteiger charge is 2.85. The molecule has 5 rings (SSSR count). The summed E-state index contributed by atoms with van der Waals surface area (Å²) in [6, 6.07) is 0.320. The topological polar surface area (TPSA) is 90.0 Å². The van der Waals surface area contributed by atoms with Crippen LogP contribution in [0.25, 0.3) is 0 Å². The second kappa shape index (κ2) is 6.47. The fourth-order valence-electron chi connectivity index (χ4n) is 10.8.